The molecule has 2 atom stereocenters. The molecule has 2 aliphatic heterocycles. The highest BCUT2D eigenvalue weighted by molar-refractivity contribution is 6.06. The van der Waals surface area contributed by atoms with Crippen LogP contribution >= 0.6 is 0 Å². The molecule has 0 radical (unpaired) electrons. The largest absolute Gasteiger partial charge is 0.352 e. The average Bonchev–Trinajstić information content (AvgIpc) is 3.39. The van der Waals surface area contributed by atoms with Gasteiger partial charge in [-0.05, 0) is 86.1 Å². The first-order chi connectivity index (χ1) is 16.2. The van der Waals surface area contributed by atoms with E-state index in [1.165, 1.54) is 45.1 Å². The summed E-state index contributed by atoms with van der Waals surface area (Å²) in [5.41, 5.74) is 5.94. The predicted octanol–water partition coefficient (Wildman–Crippen LogP) is 5.97. The lowest BCUT2D eigenvalue weighted by Gasteiger charge is -2.33. The smallest absolute Gasteiger partial charge is 0.251 e. The van der Waals surface area contributed by atoms with Crippen LogP contribution < -0.4 is 5.32 Å². The minimum atomic E-state index is 0.0292. The highest BCUT2D eigenvalue weighted by Crippen LogP contribution is 2.53. The van der Waals surface area contributed by atoms with Gasteiger partial charge in [-0.2, -0.15) is 0 Å². The van der Waals surface area contributed by atoms with Crippen molar-refractivity contribution in [2.75, 3.05) is 13.1 Å². The molecule has 3 heterocycles. The summed E-state index contributed by atoms with van der Waals surface area (Å²) in [5, 5.41) is 4.17. The van der Waals surface area contributed by atoms with E-state index < -0.39 is 0 Å². The molecule has 6 rings (SSSR count). The highest BCUT2D eigenvalue weighted by atomic mass is 16.1. The van der Waals surface area contributed by atoms with Crippen molar-refractivity contribution >= 4 is 16.8 Å². The molecule has 3 aromatic rings. The topological polar surface area (TPSA) is 45.2 Å². The molecule has 4 nitrogen and oxygen atoms in total. The summed E-state index contributed by atoms with van der Waals surface area (Å²) >= 11 is 0. The van der Waals surface area contributed by atoms with Gasteiger partial charge in [-0.1, -0.05) is 36.4 Å². The van der Waals surface area contributed by atoms with Crippen LogP contribution in [0, 0.1) is 18.8 Å². The summed E-state index contributed by atoms with van der Waals surface area (Å²) in [5.74, 6) is 1.41. The molecule has 1 aliphatic carbocycles. The fraction of sp³-hybridized carbons (Fsp3) is 0.448. The Balaban J connectivity index is 1.03. The number of pyridine rings is 1. The maximum atomic E-state index is 12.9. The van der Waals surface area contributed by atoms with Gasteiger partial charge in [-0.15, -0.1) is 0 Å². The van der Waals surface area contributed by atoms with Crippen molar-refractivity contribution in [3.8, 4) is 0 Å². The zero-order chi connectivity index (χ0) is 22.4. The number of aryl methyl sites for hydroxylation is 1. The summed E-state index contributed by atoms with van der Waals surface area (Å²) in [6, 6.07) is 18.2. The second-order valence-electron chi connectivity index (χ2n) is 10.4. The van der Waals surface area contributed by atoms with E-state index in [0.29, 0.717) is 18.0 Å². The van der Waals surface area contributed by atoms with E-state index in [0.717, 1.165) is 34.5 Å². The first kappa shape index (κ1) is 20.9. The molecule has 0 unspecified atom stereocenters. The van der Waals surface area contributed by atoms with E-state index in [9.17, 15) is 4.79 Å². The fourth-order valence-electron chi connectivity index (χ4n) is 6.67. The number of carbonyl (C=O) groups is 1. The lowest BCUT2D eigenvalue weighted by Crippen LogP contribution is -2.34. The van der Waals surface area contributed by atoms with Gasteiger partial charge in [0.1, 0.15) is 0 Å². The maximum Gasteiger partial charge on any atom is 0.251 e. The van der Waals surface area contributed by atoms with Crippen molar-refractivity contribution in [3.05, 3.63) is 77.0 Å². The summed E-state index contributed by atoms with van der Waals surface area (Å²) in [7, 11) is 0. The lowest BCUT2D eigenvalue weighted by molar-refractivity contribution is 0.0938. The van der Waals surface area contributed by atoms with Crippen LogP contribution in [0.25, 0.3) is 10.9 Å². The van der Waals surface area contributed by atoms with Gasteiger partial charge in [0.25, 0.3) is 5.91 Å². The summed E-state index contributed by atoms with van der Waals surface area (Å²) < 4.78 is 0. The average molecular weight is 440 g/mol. The third-order valence-electron chi connectivity index (χ3n) is 8.43. The Morgan fingerprint density at radius 1 is 0.909 bits per heavy atom. The normalized spacial score (nSPS) is 26.5. The van der Waals surface area contributed by atoms with Crippen molar-refractivity contribution in [3.63, 3.8) is 0 Å². The van der Waals surface area contributed by atoms with E-state index in [2.05, 4.69) is 39.5 Å². The van der Waals surface area contributed by atoms with Crippen LogP contribution in [0.2, 0.25) is 0 Å². The van der Waals surface area contributed by atoms with Crippen LogP contribution in [0.15, 0.2) is 54.7 Å². The number of carbonyl (C=O) groups excluding carboxylic acids is 1. The molecule has 2 bridgehead atoms. The highest BCUT2D eigenvalue weighted by Gasteiger charge is 2.44. The zero-order valence-electron chi connectivity index (χ0n) is 19.5. The number of nitrogens with zero attached hydrogens (tertiary/aromatic N) is 2. The number of fused-ring (bicyclic) bond motifs is 6. The molecule has 1 aromatic heterocycles. The number of nitrogens with one attached hydrogen (secondary N) is 1. The summed E-state index contributed by atoms with van der Waals surface area (Å²) in [6.07, 6.45) is 9.45. The zero-order valence-corrected chi connectivity index (χ0v) is 19.5. The molecule has 1 amide bonds. The van der Waals surface area contributed by atoms with Gasteiger partial charge < -0.3 is 5.32 Å². The molecular weight excluding hydrogens is 406 g/mol. The summed E-state index contributed by atoms with van der Waals surface area (Å²) in [4.78, 5) is 20.2. The van der Waals surface area contributed by atoms with Gasteiger partial charge in [0.15, 0.2) is 0 Å². The molecule has 170 valence electrons. The Hall–Kier alpha value is -2.72. The Labute approximate surface area is 196 Å². The molecule has 2 aromatic carbocycles. The quantitative estimate of drug-likeness (QED) is 0.533. The number of amides is 1. The van der Waals surface area contributed by atoms with Crippen molar-refractivity contribution < 1.29 is 4.79 Å². The van der Waals surface area contributed by atoms with E-state index >= 15 is 0 Å². The SMILES string of the molecule is Cc1ccc(C(=O)NCC2CCC(CN3[C@H]4CC[C@H]3c3ccccc34)CC2)c2cccnc12. The Morgan fingerprint density at radius 3 is 2.33 bits per heavy atom. The fourth-order valence-corrected chi connectivity index (χ4v) is 6.67. The second kappa shape index (κ2) is 8.57. The van der Waals surface area contributed by atoms with Gasteiger partial charge in [0.05, 0.1) is 5.52 Å². The second-order valence-corrected chi connectivity index (χ2v) is 10.4. The first-order valence-corrected chi connectivity index (χ1v) is 12.7. The van der Waals surface area contributed by atoms with E-state index in [1.807, 2.05) is 31.2 Å². The monoisotopic (exact) mass is 439 g/mol. The number of rotatable bonds is 5. The number of hydrogen-bond acceptors (Lipinski definition) is 3. The third kappa shape index (κ3) is 3.74. The molecule has 33 heavy (non-hydrogen) atoms. The molecule has 4 heteroatoms. The van der Waals surface area contributed by atoms with Crippen LogP contribution in [-0.2, 0) is 0 Å². The van der Waals surface area contributed by atoms with Crippen LogP contribution in [0.4, 0.5) is 0 Å². The van der Waals surface area contributed by atoms with Crippen molar-refractivity contribution in [1.82, 2.24) is 15.2 Å². The van der Waals surface area contributed by atoms with E-state index in [1.54, 1.807) is 17.3 Å². The molecule has 1 N–H and O–H groups in total. The molecule has 3 aliphatic rings. The van der Waals surface area contributed by atoms with Crippen LogP contribution in [-0.4, -0.2) is 28.9 Å². The number of hydrogen-bond donors (Lipinski definition) is 1. The molecule has 1 saturated carbocycles. The molecule has 2 fully saturated rings. The van der Waals surface area contributed by atoms with Gasteiger partial charge in [-0.25, -0.2) is 0 Å². The standard InChI is InChI=1S/C29H33N3O/c1-19-8-13-25(24-7-4-16-30-28(19)24)29(33)31-17-20-9-11-21(12-10-20)18-32-26-14-15-27(32)23-6-3-2-5-22(23)26/h2-8,13,16,20-21,26-27H,9-12,14-15,17-18H2,1H3,(H,31,33)/t20?,21?,26-,27-/m0/s1. The van der Waals surface area contributed by atoms with E-state index in [4.69, 9.17) is 0 Å². The van der Waals surface area contributed by atoms with Crippen LogP contribution in [0.1, 0.15) is 77.7 Å². The number of benzene rings is 2. The number of aromatic nitrogens is 1. The van der Waals surface area contributed by atoms with Gasteiger partial charge in [0.2, 0.25) is 0 Å². The molecule has 1 saturated heterocycles. The van der Waals surface area contributed by atoms with Gasteiger partial charge >= 0.3 is 0 Å². The summed E-state index contributed by atoms with van der Waals surface area (Å²) in [6.45, 7) is 4.06. The first-order valence-electron chi connectivity index (χ1n) is 12.7. The van der Waals surface area contributed by atoms with Crippen molar-refractivity contribution in [2.45, 2.75) is 57.5 Å². The van der Waals surface area contributed by atoms with Gasteiger partial charge in [-0.3, -0.25) is 14.7 Å². The Morgan fingerprint density at radius 2 is 1.61 bits per heavy atom. The van der Waals surface area contributed by atoms with Crippen LogP contribution in [0.5, 0.6) is 0 Å². The molecular formula is C29H33N3O. The minimum Gasteiger partial charge on any atom is -0.352 e. The minimum absolute atomic E-state index is 0.0292. The van der Waals surface area contributed by atoms with E-state index in [-0.39, 0.29) is 5.91 Å². The lowest BCUT2D eigenvalue weighted by atomic mass is 9.81. The van der Waals surface area contributed by atoms with Crippen LogP contribution in [0.3, 0.4) is 0 Å². The van der Waals surface area contributed by atoms with Crippen molar-refractivity contribution in [1.29, 1.82) is 0 Å². The third-order valence-corrected chi connectivity index (χ3v) is 8.43. The predicted molar refractivity (Wildman–Crippen MR) is 132 cm³/mol. The Kier molecular flexibility index (Phi) is 5.41. The van der Waals surface area contributed by atoms with Crippen molar-refractivity contribution in [2.24, 2.45) is 11.8 Å². The maximum absolute atomic E-state index is 12.9. The molecule has 0 spiro atoms. The Bertz CT molecular complexity index is 1150. The van der Waals surface area contributed by atoms with Gasteiger partial charge in [0, 0.05) is 42.3 Å².